The molecule has 0 amide bonds. The smallest absolute Gasteiger partial charge is 0.310 e. The lowest BCUT2D eigenvalue weighted by Gasteiger charge is -2.39. The van der Waals surface area contributed by atoms with Crippen molar-refractivity contribution in [2.24, 2.45) is 11.3 Å². The number of aliphatic carboxylic acids is 1. The molecular formula is C17H18Cl2O8. The van der Waals surface area contributed by atoms with Gasteiger partial charge in [0.2, 0.25) is 0 Å². The number of aliphatic hydroxyl groups is 4. The highest BCUT2D eigenvalue weighted by atomic mass is 35.5. The molecule has 7 atom stereocenters. The number of carbonyl (C=O) groups excluding carboxylic acids is 1. The summed E-state index contributed by atoms with van der Waals surface area (Å²) in [6.07, 6.45) is -8.38. The molecule has 1 saturated heterocycles. The zero-order valence-electron chi connectivity index (χ0n) is 13.8. The van der Waals surface area contributed by atoms with Crippen LogP contribution in [0.3, 0.4) is 0 Å². The minimum absolute atomic E-state index is 0.00271. The van der Waals surface area contributed by atoms with E-state index in [2.05, 4.69) is 0 Å². The van der Waals surface area contributed by atoms with Gasteiger partial charge in [-0.1, -0.05) is 23.2 Å². The van der Waals surface area contributed by atoms with E-state index in [1.165, 1.54) is 18.2 Å². The summed E-state index contributed by atoms with van der Waals surface area (Å²) in [5.41, 5.74) is -1.31. The predicted molar refractivity (Wildman–Crippen MR) is 92.5 cm³/mol. The maximum atomic E-state index is 12.7. The molecule has 3 rings (SSSR count). The van der Waals surface area contributed by atoms with E-state index in [9.17, 15) is 35.1 Å². The van der Waals surface area contributed by atoms with Gasteiger partial charge in [-0.2, -0.15) is 0 Å². The van der Waals surface area contributed by atoms with Gasteiger partial charge in [0, 0.05) is 11.5 Å². The highest BCUT2D eigenvalue weighted by Crippen LogP contribution is 2.58. The third kappa shape index (κ3) is 3.58. The van der Waals surface area contributed by atoms with Crippen LogP contribution in [0.1, 0.15) is 23.2 Å². The van der Waals surface area contributed by atoms with E-state index in [0.717, 1.165) is 0 Å². The molecule has 1 aromatic carbocycles. The van der Waals surface area contributed by atoms with Crippen molar-refractivity contribution in [3.8, 4) is 0 Å². The number of ketones is 1. The second-order valence-corrected chi connectivity index (χ2v) is 7.77. The van der Waals surface area contributed by atoms with Crippen LogP contribution in [-0.2, 0) is 9.53 Å². The molecule has 5 N–H and O–H groups in total. The average molecular weight is 421 g/mol. The highest BCUT2D eigenvalue weighted by Gasteiger charge is 2.65. The topological polar surface area (TPSA) is 145 Å². The van der Waals surface area contributed by atoms with Crippen molar-refractivity contribution in [1.82, 2.24) is 0 Å². The Morgan fingerprint density at radius 1 is 1.07 bits per heavy atom. The average Bonchev–Trinajstić information content (AvgIpc) is 3.35. The van der Waals surface area contributed by atoms with Gasteiger partial charge >= 0.3 is 5.97 Å². The van der Waals surface area contributed by atoms with E-state index in [0.29, 0.717) is 0 Å². The van der Waals surface area contributed by atoms with Gasteiger partial charge in [-0.15, -0.1) is 0 Å². The van der Waals surface area contributed by atoms with Crippen LogP contribution in [0.5, 0.6) is 0 Å². The number of carboxylic acid groups (broad SMARTS) is 1. The summed E-state index contributed by atoms with van der Waals surface area (Å²) >= 11 is 11.7. The fraction of sp³-hybridized carbons (Fsp3) is 0.529. The third-order valence-corrected chi connectivity index (χ3v) is 6.01. The summed E-state index contributed by atoms with van der Waals surface area (Å²) in [5, 5.41) is 49.0. The molecule has 27 heavy (non-hydrogen) atoms. The molecule has 1 aliphatic carbocycles. The molecule has 8 nitrogen and oxygen atoms in total. The number of carbonyl (C=O) groups is 2. The van der Waals surface area contributed by atoms with Gasteiger partial charge in [0.1, 0.15) is 18.3 Å². The number of hydrogen-bond donors (Lipinski definition) is 5. The zero-order valence-corrected chi connectivity index (χ0v) is 15.3. The van der Waals surface area contributed by atoms with E-state index in [-0.39, 0.29) is 28.5 Å². The van der Waals surface area contributed by atoms with Crippen LogP contribution < -0.4 is 0 Å². The molecule has 148 valence electrons. The molecule has 0 aromatic heterocycles. The molecule has 0 radical (unpaired) electrons. The fourth-order valence-corrected chi connectivity index (χ4v) is 3.81. The molecule has 10 heteroatoms. The number of carboxylic acids is 1. The number of hydrogen-bond acceptors (Lipinski definition) is 7. The van der Waals surface area contributed by atoms with Gasteiger partial charge in [0.15, 0.2) is 12.1 Å². The Kier molecular flexibility index (Phi) is 5.53. The number of benzene rings is 1. The highest BCUT2D eigenvalue weighted by molar-refractivity contribution is 6.42. The molecule has 0 bridgehead atoms. The van der Waals surface area contributed by atoms with Crippen LogP contribution in [0.15, 0.2) is 18.2 Å². The maximum Gasteiger partial charge on any atom is 0.310 e. The van der Waals surface area contributed by atoms with Gasteiger partial charge < -0.3 is 30.3 Å². The minimum Gasteiger partial charge on any atom is -0.481 e. The van der Waals surface area contributed by atoms with Crippen molar-refractivity contribution in [3.05, 3.63) is 33.8 Å². The van der Waals surface area contributed by atoms with Crippen molar-refractivity contribution in [2.75, 3.05) is 0 Å². The maximum absolute atomic E-state index is 12.7. The quantitative estimate of drug-likeness (QED) is 0.432. The molecule has 1 saturated carbocycles. The summed E-state index contributed by atoms with van der Waals surface area (Å²) in [4.78, 5) is 24.5. The Bertz CT molecular complexity index is 771. The largest absolute Gasteiger partial charge is 0.481 e. The van der Waals surface area contributed by atoms with E-state index in [1.54, 1.807) is 0 Å². The first-order valence-corrected chi connectivity index (χ1v) is 8.94. The van der Waals surface area contributed by atoms with Gasteiger partial charge in [-0.25, -0.2) is 0 Å². The number of ether oxygens (including phenoxy) is 1. The van der Waals surface area contributed by atoms with E-state index in [1.807, 2.05) is 0 Å². The van der Waals surface area contributed by atoms with Crippen LogP contribution in [0.4, 0.5) is 0 Å². The van der Waals surface area contributed by atoms with Crippen molar-refractivity contribution in [1.29, 1.82) is 0 Å². The lowest BCUT2D eigenvalue weighted by Crippen LogP contribution is -2.58. The summed E-state index contributed by atoms with van der Waals surface area (Å²) in [6.45, 7) is 0. The first kappa shape index (κ1) is 20.5. The molecule has 0 spiro atoms. The number of halogens is 2. The molecule has 1 aliphatic heterocycles. The van der Waals surface area contributed by atoms with Crippen LogP contribution >= 0.6 is 23.2 Å². The Hall–Kier alpha value is -1.26. The Morgan fingerprint density at radius 2 is 1.74 bits per heavy atom. The van der Waals surface area contributed by atoms with E-state index in [4.69, 9.17) is 27.9 Å². The van der Waals surface area contributed by atoms with Crippen LogP contribution in [0, 0.1) is 11.3 Å². The van der Waals surface area contributed by atoms with Crippen molar-refractivity contribution < 1.29 is 39.9 Å². The molecule has 2 aliphatic rings. The first-order chi connectivity index (χ1) is 12.6. The van der Waals surface area contributed by atoms with E-state index >= 15 is 0 Å². The van der Waals surface area contributed by atoms with Gasteiger partial charge in [-0.3, -0.25) is 9.59 Å². The first-order valence-electron chi connectivity index (χ1n) is 8.19. The lowest BCUT2D eigenvalue weighted by molar-refractivity contribution is -0.284. The Balaban J connectivity index is 1.79. The summed E-state index contributed by atoms with van der Waals surface area (Å²) in [7, 11) is 0. The number of rotatable bonds is 5. The molecule has 1 aromatic rings. The van der Waals surface area contributed by atoms with Crippen LogP contribution in [-0.4, -0.2) is 68.0 Å². The van der Waals surface area contributed by atoms with Gasteiger partial charge in [0.05, 0.1) is 21.6 Å². The van der Waals surface area contributed by atoms with Gasteiger partial charge in [-0.05, 0) is 31.0 Å². The number of Topliss-reactive ketones (excluding diaryl/α,β-unsaturated/α-hetero) is 1. The SMILES string of the molecule is O=C(c1ccc(Cl)c(Cl)c1)[C@H]1C[C@@]1(C[C@H]1OC(O)[C@H](O)[C@@H](O)[C@@H]1O)C(=O)O. The van der Waals surface area contributed by atoms with Crippen molar-refractivity contribution >= 4 is 35.0 Å². The molecule has 1 unspecified atom stereocenters. The normalized spacial score (nSPS) is 38.4. The number of aliphatic hydroxyl groups excluding tert-OH is 4. The predicted octanol–water partition coefficient (Wildman–Crippen LogP) is 0.457. The van der Waals surface area contributed by atoms with Crippen LogP contribution in [0.25, 0.3) is 0 Å². The fourth-order valence-electron chi connectivity index (χ4n) is 3.51. The van der Waals surface area contributed by atoms with Gasteiger partial charge in [0.25, 0.3) is 0 Å². The van der Waals surface area contributed by atoms with E-state index < -0.39 is 53.8 Å². The Labute approximate surface area is 163 Å². The molecular weight excluding hydrogens is 403 g/mol. The zero-order chi connectivity index (χ0) is 20.1. The second-order valence-electron chi connectivity index (χ2n) is 6.95. The Morgan fingerprint density at radius 3 is 2.33 bits per heavy atom. The minimum atomic E-state index is -1.78. The molecule has 2 fully saturated rings. The summed E-state index contributed by atoms with van der Waals surface area (Å²) in [6, 6.07) is 4.23. The summed E-state index contributed by atoms with van der Waals surface area (Å²) < 4.78 is 5.06. The summed E-state index contributed by atoms with van der Waals surface area (Å²) in [5.74, 6) is -2.58. The standard InChI is InChI=1S/C17H18Cl2O8/c18-8-2-1-6(3-9(8)19)11(20)7-4-17(7,16(25)26)5-10-12(21)13(22)14(23)15(24)27-10/h1-3,7,10,12-15,21-24H,4-5H2,(H,25,26)/t7-,10-,12-,13+,14-,15?,17+/m1/s1. The lowest BCUT2D eigenvalue weighted by atomic mass is 9.87. The molecule has 1 heterocycles. The monoisotopic (exact) mass is 420 g/mol. The third-order valence-electron chi connectivity index (χ3n) is 5.27. The van der Waals surface area contributed by atoms with Crippen LogP contribution in [0.2, 0.25) is 10.0 Å². The van der Waals surface area contributed by atoms with Crippen molar-refractivity contribution in [3.63, 3.8) is 0 Å². The van der Waals surface area contributed by atoms with Crippen molar-refractivity contribution in [2.45, 2.75) is 43.5 Å². The second kappa shape index (κ2) is 7.29.